The Bertz CT molecular complexity index is 442. The molecule has 1 rings (SSSR count). The van der Waals surface area contributed by atoms with Crippen LogP contribution in [0.3, 0.4) is 0 Å². The first-order valence-electron chi connectivity index (χ1n) is 7.43. The van der Waals surface area contributed by atoms with Gasteiger partial charge in [-0.3, -0.25) is 0 Å². The fraction of sp³-hybridized carbons (Fsp3) is 0.500. The van der Waals surface area contributed by atoms with Crippen molar-refractivity contribution in [2.24, 2.45) is 11.5 Å². The highest BCUT2D eigenvalue weighted by Gasteiger charge is 2.33. The Morgan fingerprint density at radius 3 is 2.67 bits per heavy atom. The largest absolute Gasteiger partial charge is 0.520 e. The molecule has 0 amide bonds. The van der Waals surface area contributed by atoms with Crippen LogP contribution in [0.2, 0.25) is 12.6 Å². The summed E-state index contributed by atoms with van der Waals surface area (Å²) in [6.45, 7) is 6.49. The molecule has 0 aliphatic carbocycles. The highest BCUT2D eigenvalue weighted by atomic mass is 28.4. The standard InChI is InChI=1S/C16H28N2O2Si/c1-4-7-14-8-5-6-9-16(14)20-21(3,19-2)13-11-15(18)10-12-17/h4-6,8-9,15H,1,7,10-13,17-18H2,2-3H3. The summed E-state index contributed by atoms with van der Waals surface area (Å²) in [6.07, 6.45) is 4.38. The zero-order valence-electron chi connectivity index (χ0n) is 13.2. The maximum Gasteiger partial charge on any atom is 0.395 e. The predicted molar refractivity (Wildman–Crippen MR) is 90.7 cm³/mol. The number of para-hydroxylation sites is 1. The zero-order chi connectivity index (χ0) is 15.7. The average Bonchev–Trinajstić information content (AvgIpc) is 2.48. The Balaban J connectivity index is 2.73. The Labute approximate surface area is 129 Å². The van der Waals surface area contributed by atoms with Gasteiger partial charge in [0.05, 0.1) is 0 Å². The summed E-state index contributed by atoms with van der Waals surface area (Å²) in [5, 5.41) is 0. The Hall–Kier alpha value is -1.14. The summed E-state index contributed by atoms with van der Waals surface area (Å²) >= 11 is 0. The molecule has 1 aromatic carbocycles. The van der Waals surface area contributed by atoms with E-state index in [0.29, 0.717) is 6.54 Å². The molecular formula is C16H28N2O2Si. The van der Waals surface area contributed by atoms with Gasteiger partial charge in [-0.05, 0) is 44.0 Å². The van der Waals surface area contributed by atoms with Crippen LogP contribution in [0.1, 0.15) is 18.4 Å². The van der Waals surface area contributed by atoms with Crippen LogP contribution in [-0.2, 0) is 10.8 Å². The van der Waals surface area contributed by atoms with Gasteiger partial charge in [0.25, 0.3) is 0 Å². The van der Waals surface area contributed by atoms with Crippen molar-refractivity contribution in [2.75, 3.05) is 13.7 Å². The maximum absolute atomic E-state index is 6.25. The minimum absolute atomic E-state index is 0.115. The van der Waals surface area contributed by atoms with Gasteiger partial charge >= 0.3 is 8.56 Å². The fourth-order valence-electron chi connectivity index (χ4n) is 2.16. The zero-order valence-corrected chi connectivity index (χ0v) is 14.2. The molecule has 0 aliphatic rings. The summed E-state index contributed by atoms with van der Waals surface area (Å²) < 4.78 is 12.0. The molecule has 2 atom stereocenters. The third kappa shape index (κ3) is 6.01. The van der Waals surface area contributed by atoms with E-state index < -0.39 is 8.56 Å². The van der Waals surface area contributed by atoms with E-state index in [2.05, 4.69) is 19.2 Å². The van der Waals surface area contributed by atoms with Crippen LogP contribution >= 0.6 is 0 Å². The van der Waals surface area contributed by atoms with Gasteiger partial charge in [-0.2, -0.15) is 0 Å². The molecule has 0 fully saturated rings. The summed E-state index contributed by atoms with van der Waals surface area (Å²) in [7, 11) is -0.552. The minimum Gasteiger partial charge on any atom is -0.520 e. The van der Waals surface area contributed by atoms with Gasteiger partial charge in [0.15, 0.2) is 0 Å². The van der Waals surface area contributed by atoms with E-state index >= 15 is 0 Å². The maximum atomic E-state index is 6.25. The molecular weight excluding hydrogens is 280 g/mol. The quantitative estimate of drug-likeness (QED) is 0.515. The van der Waals surface area contributed by atoms with Crippen LogP contribution in [0.4, 0.5) is 0 Å². The molecule has 4 nitrogen and oxygen atoms in total. The van der Waals surface area contributed by atoms with Crippen molar-refractivity contribution >= 4 is 8.56 Å². The highest BCUT2D eigenvalue weighted by molar-refractivity contribution is 6.66. The van der Waals surface area contributed by atoms with Gasteiger partial charge in [-0.1, -0.05) is 24.3 Å². The molecule has 0 spiro atoms. The topological polar surface area (TPSA) is 70.5 Å². The van der Waals surface area contributed by atoms with E-state index in [4.69, 9.17) is 20.3 Å². The van der Waals surface area contributed by atoms with Gasteiger partial charge in [0.2, 0.25) is 0 Å². The molecule has 4 N–H and O–H groups in total. The number of allylic oxidation sites excluding steroid dienone is 1. The minimum atomic E-state index is -2.27. The fourth-order valence-corrected chi connectivity index (χ4v) is 4.11. The Kier molecular flexibility index (Phi) is 7.67. The molecule has 21 heavy (non-hydrogen) atoms. The number of rotatable bonds is 10. The second-order valence-electron chi connectivity index (χ2n) is 5.42. The van der Waals surface area contributed by atoms with Crippen molar-refractivity contribution in [3.63, 3.8) is 0 Å². The van der Waals surface area contributed by atoms with Crippen molar-refractivity contribution in [3.8, 4) is 5.75 Å². The van der Waals surface area contributed by atoms with E-state index in [-0.39, 0.29) is 6.04 Å². The average molecular weight is 308 g/mol. The van der Waals surface area contributed by atoms with Crippen molar-refractivity contribution in [1.29, 1.82) is 0 Å². The second-order valence-corrected chi connectivity index (χ2v) is 8.80. The first kappa shape index (κ1) is 17.9. The molecule has 118 valence electrons. The molecule has 0 saturated heterocycles. The van der Waals surface area contributed by atoms with E-state index in [0.717, 1.165) is 36.6 Å². The summed E-state index contributed by atoms with van der Waals surface area (Å²) in [4.78, 5) is 0. The van der Waals surface area contributed by atoms with Crippen LogP contribution in [0.15, 0.2) is 36.9 Å². The molecule has 0 radical (unpaired) electrons. The van der Waals surface area contributed by atoms with Crippen LogP contribution in [0, 0.1) is 0 Å². The normalized spacial score (nSPS) is 15.2. The lowest BCUT2D eigenvalue weighted by Crippen LogP contribution is -2.42. The van der Waals surface area contributed by atoms with Crippen molar-refractivity contribution in [1.82, 2.24) is 0 Å². The summed E-state index contributed by atoms with van der Waals surface area (Å²) in [6, 6.07) is 9.00. The smallest absolute Gasteiger partial charge is 0.395 e. The van der Waals surface area contributed by atoms with Crippen molar-refractivity contribution < 1.29 is 8.85 Å². The molecule has 2 unspecified atom stereocenters. The first-order chi connectivity index (χ1) is 10.0. The highest BCUT2D eigenvalue weighted by Crippen LogP contribution is 2.25. The first-order valence-corrected chi connectivity index (χ1v) is 9.95. The van der Waals surface area contributed by atoms with Gasteiger partial charge in [-0.25, -0.2) is 0 Å². The van der Waals surface area contributed by atoms with Gasteiger partial charge in [0, 0.05) is 19.2 Å². The molecule has 0 bridgehead atoms. The van der Waals surface area contributed by atoms with E-state index in [1.807, 2.05) is 24.3 Å². The van der Waals surface area contributed by atoms with Crippen molar-refractivity contribution in [3.05, 3.63) is 42.5 Å². The Morgan fingerprint density at radius 1 is 1.33 bits per heavy atom. The van der Waals surface area contributed by atoms with Crippen LogP contribution in [0.5, 0.6) is 5.75 Å². The Morgan fingerprint density at radius 2 is 2.05 bits per heavy atom. The van der Waals surface area contributed by atoms with Gasteiger partial charge in [0.1, 0.15) is 5.75 Å². The van der Waals surface area contributed by atoms with Crippen LogP contribution in [-0.4, -0.2) is 28.3 Å². The van der Waals surface area contributed by atoms with E-state index in [1.54, 1.807) is 7.11 Å². The lowest BCUT2D eigenvalue weighted by atomic mass is 10.1. The molecule has 0 aromatic heterocycles. The summed E-state index contributed by atoms with van der Waals surface area (Å²) in [5.74, 6) is 0.890. The molecule has 0 heterocycles. The molecule has 0 saturated carbocycles. The van der Waals surface area contributed by atoms with Gasteiger partial charge in [-0.15, -0.1) is 6.58 Å². The number of hydrogen-bond acceptors (Lipinski definition) is 4. The number of benzene rings is 1. The SMILES string of the molecule is C=CCc1ccccc1O[Si](C)(CCC(N)CCN)OC. The van der Waals surface area contributed by atoms with Crippen LogP contribution < -0.4 is 15.9 Å². The monoisotopic (exact) mass is 308 g/mol. The third-order valence-corrected chi connectivity index (χ3v) is 6.31. The third-order valence-electron chi connectivity index (χ3n) is 3.60. The van der Waals surface area contributed by atoms with E-state index in [9.17, 15) is 0 Å². The van der Waals surface area contributed by atoms with Crippen LogP contribution in [0.25, 0.3) is 0 Å². The van der Waals surface area contributed by atoms with E-state index in [1.165, 1.54) is 0 Å². The molecule has 5 heteroatoms. The second kappa shape index (κ2) is 8.99. The van der Waals surface area contributed by atoms with Crippen molar-refractivity contribution in [2.45, 2.75) is 37.9 Å². The predicted octanol–water partition coefficient (Wildman–Crippen LogP) is 2.58. The molecule has 0 aliphatic heterocycles. The number of nitrogens with two attached hydrogens (primary N) is 2. The lowest BCUT2D eigenvalue weighted by Gasteiger charge is -2.28. The summed E-state index contributed by atoms with van der Waals surface area (Å²) in [5.41, 5.74) is 12.7. The molecule has 1 aromatic rings. The lowest BCUT2D eigenvalue weighted by molar-refractivity contribution is 0.300. The van der Waals surface area contributed by atoms with Gasteiger partial charge < -0.3 is 20.3 Å². The number of hydrogen-bond donors (Lipinski definition) is 2.